The smallest absolute Gasteiger partial charge is 0.405 e. The van der Waals surface area contributed by atoms with E-state index in [0.717, 1.165) is 32.0 Å². The Kier molecular flexibility index (Phi) is 5.48. The highest BCUT2D eigenvalue weighted by atomic mass is 16.7. The highest BCUT2D eigenvalue weighted by Crippen LogP contribution is 2.33. The van der Waals surface area contributed by atoms with Gasteiger partial charge < -0.3 is 19.1 Å². The van der Waals surface area contributed by atoms with Crippen LogP contribution in [0.3, 0.4) is 0 Å². The molecule has 5 nitrogen and oxygen atoms in total. The number of aromatic nitrogens is 1. The minimum absolute atomic E-state index is 0.187. The molecule has 1 radical (unpaired) electrons. The Morgan fingerprint density at radius 1 is 1.00 bits per heavy atom. The molecule has 3 rings (SSSR count). The summed E-state index contributed by atoms with van der Waals surface area (Å²) in [6, 6.07) is 6.07. The monoisotopic (exact) mass is 304 g/mol. The summed E-state index contributed by atoms with van der Waals surface area (Å²) in [7, 11) is 3.58. The molecular formula is C16H27BN3O2. The lowest BCUT2D eigenvalue weighted by Crippen LogP contribution is -2.44. The van der Waals surface area contributed by atoms with E-state index in [0.29, 0.717) is 0 Å². The minimum atomic E-state index is -0.188. The molecule has 2 saturated heterocycles. The largest absolute Gasteiger partial charge is 0.488 e. The van der Waals surface area contributed by atoms with Gasteiger partial charge in [-0.15, -0.1) is 0 Å². The molecule has 0 amide bonds. The second-order valence-corrected chi connectivity index (χ2v) is 6.83. The lowest BCUT2D eigenvalue weighted by Gasteiger charge is -2.33. The molecule has 2 aliphatic heterocycles. The molecule has 1 aromatic rings. The predicted octanol–water partition coefficient (Wildman–Crippen LogP) is 1.96. The fourth-order valence-electron chi connectivity index (χ4n) is 2.12. The van der Waals surface area contributed by atoms with Crippen LogP contribution in [0.4, 0.5) is 5.82 Å². The van der Waals surface area contributed by atoms with Crippen molar-refractivity contribution in [2.75, 3.05) is 38.1 Å². The summed E-state index contributed by atoms with van der Waals surface area (Å²) in [4.78, 5) is 9.01. The fourth-order valence-corrected chi connectivity index (χ4v) is 2.12. The van der Waals surface area contributed by atoms with Crippen LogP contribution in [0.2, 0.25) is 0 Å². The van der Waals surface area contributed by atoms with E-state index in [1.165, 1.54) is 7.69 Å². The standard InChI is InChI=1S/C10H15N3.C6H12BO2/c1-12-6-8-13(9-7-12)10-4-2-3-5-11-10;1-5(2)6(3,4)9-7-8-5/h2-5H,6-9H2,1H3;1-4H3. The summed E-state index contributed by atoms with van der Waals surface area (Å²) in [5.41, 5.74) is -0.375. The van der Waals surface area contributed by atoms with Crippen LogP contribution < -0.4 is 4.90 Å². The number of piperazine rings is 1. The van der Waals surface area contributed by atoms with Crippen LogP contribution in [0.15, 0.2) is 24.4 Å². The van der Waals surface area contributed by atoms with Gasteiger partial charge >= 0.3 is 7.69 Å². The van der Waals surface area contributed by atoms with Crippen molar-refractivity contribution in [3.63, 3.8) is 0 Å². The maximum absolute atomic E-state index is 5.21. The van der Waals surface area contributed by atoms with Crippen molar-refractivity contribution in [2.24, 2.45) is 0 Å². The van der Waals surface area contributed by atoms with E-state index in [9.17, 15) is 0 Å². The van der Waals surface area contributed by atoms with Crippen LogP contribution in [0, 0.1) is 0 Å². The molecule has 2 fully saturated rings. The lowest BCUT2D eigenvalue weighted by molar-refractivity contribution is 0.00578. The van der Waals surface area contributed by atoms with Crippen LogP contribution in [0.5, 0.6) is 0 Å². The van der Waals surface area contributed by atoms with Gasteiger partial charge in [0, 0.05) is 32.4 Å². The highest BCUT2D eigenvalue weighted by Gasteiger charge is 2.44. The minimum Gasteiger partial charge on any atom is -0.405 e. The molecule has 0 saturated carbocycles. The van der Waals surface area contributed by atoms with Gasteiger partial charge in [0.25, 0.3) is 0 Å². The molecule has 2 aliphatic rings. The van der Waals surface area contributed by atoms with E-state index in [1.807, 2.05) is 46.0 Å². The Hall–Kier alpha value is -1.11. The Morgan fingerprint density at radius 3 is 2.00 bits per heavy atom. The highest BCUT2D eigenvalue weighted by molar-refractivity contribution is 6.19. The normalized spacial score (nSPS) is 23.4. The number of rotatable bonds is 1. The van der Waals surface area contributed by atoms with Gasteiger partial charge in [-0.2, -0.15) is 0 Å². The van der Waals surface area contributed by atoms with Crippen LogP contribution >= 0.6 is 0 Å². The summed E-state index contributed by atoms with van der Waals surface area (Å²) in [6.45, 7) is 12.5. The molecule has 1 aromatic heterocycles. The zero-order valence-corrected chi connectivity index (χ0v) is 14.4. The fraction of sp³-hybridized carbons (Fsp3) is 0.688. The molecule has 0 N–H and O–H groups in total. The quantitative estimate of drug-likeness (QED) is 0.742. The Bertz CT molecular complexity index is 446. The first-order valence-electron chi connectivity index (χ1n) is 7.84. The summed E-state index contributed by atoms with van der Waals surface area (Å²) < 4.78 is 10.4. The van der Waals surface area contributed by atoms with Crippen molar-refractivity contribution >= 4 is 13.5 Å². The summed E-state index contributed by atoms with van der Waals surface area (Å²) in [5, 5.41) is 0. The number of likely N-dealkylation sites (N-methyl/N-ethyl adjacent to an activating group) is 1. The van der Waals surface area contributed by atoms with Crippen LogP contribution in [0.1, 0.15) is 27.7 Å². The van der Waals surface area contributed by atoms with Gasteiger partial charge in [0.05, 0.1) is 11.2 Å². The maximum Gasteiger partial charge on any atom is 0.488 e. The Labute approximate surface area is 134 Å². The van der Waals surface area contributed by atoms with Crippen LogP contribution in [-0.4, -0.2) is 62.0 Å². The van der Waals surface area contributed by atoms with Crippen molar-refractivity contribution in [3.8, 4) is 0 Å². The van der Waals surface area contributed by atoms with Gasteiger partial charge in [0.2, 0.25) is 0 Å². The van der Waals surface area contributed by atoms with Crippen molar-refractivity contribution in [3.05, 3.63) is 24.4 Å². The number of anilines is 1. The topological polar surface area (TPSA) is 37.8 Å². The first kappa shape index (κ1) is 17.3. The Balaban J connectivity index is 0.000000172. The molecule has 0 unspecified atom stereocenters. The van der Waals surface area contributed by atoms with E-state index in [2.05, 4.69) is 27.9 Å². The molecule has 0 aliphatic carbocycles. The van der Waals surface area contributed by atoms with Gasteiger partial charge in [-0.3, -0.25) is 0 Å². The average molecular weight is 304 g/mol. The third-order valence-corrected chi connectivity index (χ3v) is 4.61. The number of hydrogen-bond donors (Lipinski definition) is 0. The van der Waals surface area contributed by atoms with Gasteiger partial charge in [0.15, 0.2) is 0 Å². The number of hydrogen-bond acceptors (Lipinski definition) is 5. The Morgan fingerprint density at radius 2 is 1.59 bits per heavy atom. The van der Waals surface area contributed by atoms with E-state index < -0.39 is 0 Å². The second kappa shape index (κ2) is 6.98. The molecule has 0 spiro atoms. The van der Waals surface area contributed by atoms with Gasteiger partial charge in [-0.25, -0.2) is 4.98 Å². The molecule has 121 valence electrons. The molecule has 0 bridgehead atoms. The van der Waals surface area contributed by atoms with E-state index in [4.69, 9.17) is 9.31 Å². The second-order valence-electron chi connectivity index (χ2n) is 6.83. The van der Waals surface area contributed by atoms with Gasteiger partial charge in [-0.05, 0) is 46.9 Å². The van der Waals surface area contributed by atoms with E-state index in [1.54, 1.807) is 0 Å². The number of nitrogens with zero attached hydrogens (tertiary/aromatic N) is 3. The van der Waals surface area contributed by atoms with Crippen molar-refractivity contribution < 1.29 is 9.31 Å². The maximum atomic E-state index is 5.21. The summed E-state index contributed by atoms with van der Waals surface area (Å²) >= 11 is 0. The van der Waals surface area contributed by atoms with Crippen LogP contribution in [0.25, 0.3) is 0 Å². The van der Waals surface area contributed by atoms with Crippen molar-refractivity contribution in [1.82, 2.24) is 9.88 Å². The molecule has 0 aromatic carbocycles. The van der Waals surface area contributed by atoms with Crippen LogP contribution in [-0.2, 0) is 9.31 Å². The third-order valence-electron chi connectivity index (χ3n) is 4.61. The lowest BCUT2D eigenvalue weighted by atomic mass is 9.90. The van der Waals surface area contributed by atoms with E-state index in [-0.39, 0.29) is 11.2 Å². The summed E-state index contributed by atoms with van der Waals surface area (Å²) in [6.07, 6.45) is 1.85. The SMILES string of the molecule is CC1(C)O[B]OC1(C)C.CN1CCN(c2ccccn2)CC1. The molecule has 0 atom stereocenters. The average Bonchev–Trinajstić information content (AvgIpc) is 2.73. The molecular weight excluding hydrogens is 277 g/mol. The number of pyridine rings is 1. The first-order chi connectivity index (χ1) is 10.3. The van der Waals surface area contributed by atoms with Crippen molar-refractivity contribution in [2.45, 2.75) is 38.9 Å². The van der Waals surface area contributed by atoms with Gasteiger partial charge in [0.1, 0.15) is 5.82 Å². The third kappa shape index (κ3) is 4.21. The van der Waals surface area contributed by atoms with Crippen molar-refractivity contribution in [1.29, 1.82) is 0 Å². The molecule has 6 heteroatoms. The zero-order valence-electron chi connectivity index (χ0n) is 14.4. The molecule has 22 heavy (non-hydrogen) atoms. The zero-order chi connectivity index (χ0) is 16.2. The summed E-state index contributed by atoms with van der Waals surface area (Å²) in [5.74, 6) is 1.11. The van der Waals surface area contributed by atoms with E-state index >= 15 is 0 Å². The first-order valence-corrected chi connectivity index (χ1v) is 7.84. The molecule has 3 heterocycles. The van der Waals surface area contributed by atoms with Gasteiger partial charge in [-0.1, -0.05) is 6.07 Å². The predicted molar refractivity (Wildman–Crippen MR) is 90.0 cm³/mol.